The van der Waals surface area contributed by atoms with Crippen LogP contribution in [-0.2, 0) is 13.1 Å². The Kier molecular flexibility index (Phi) is 8.48. The van der Waals surface area contributed by atoms with Crippen LogP contribution in [0.15, 0.2) is 66.7 Å². The van der Waals surface area contributed by atoms with Crippen LogP contribution in [0.3, 0.4) is 0 Å². The Balaban J connectivity index is 1.55. The summed E-state index contributed by atoms with van der Waals surface area (Å²) in [5.41, 5.74) is 3.78. The Bertz CT molecular complexity index is 1130. The van der Waals surface area contributed by atoms with Gasteiger partial charge in [-0.1, -0.05) is 24.3 Å². The summed E-state index contributed by atoms with van der Waals surface area (Å²) in [6, 6.07) is 19.6. The predicted octanol–water partition coefficient (Wildman–Crippen LogP) is 4.34. The number of hydrogen-bond donors (Lipinski definition) is 3. The molecule has 178 valence electrons. The van der Waals surface area contributed by atoms with E-state index in [1.165, 1.54) is 12.7 Å². The molecule has 3 N–H and O–H groups in total. The summed E-state index contributed by atoms with van der Waals surface area (Å²) in [7, 11) is 7.11. The zero-order valence-electron chi connectivity index (χ0n) is 19.8. The van der Waals surface area contributed by atoms with Gasteiger partial charge in [-0.15, -0.1) is 0 Å². The second kappa shape index (κ2) is 11.7. The van der Waals surface area contributed by atoms with Gasteiger partial charge in [-0.3, -0.25) is 4.79 Å². The number of methoxy groups -OCH3 is 2. The number of urea groups is 1. The fourth-order valence-corrected chi connectivity index (χ4v) is 3.36. The molecule has 0 unspecified atom stereocenters. The maximum atomic E-state index is 12.7. The van der Waals surface area contributed by atoms with Gasteiger partial charge in [0.25, 0.3) is 5.91 Å². The van der Waals surface area contributed by atoms with Crippen LogP contribution in [0.2, 0.25) is 0 Å². The van der Waals surface area contributed by atoms with Crippen LogP contribution in [-0.4, -0.2) is 45.2 Å². The lowest BCUT2D eigenvalue weighted by Crippen LogP contribution is -2.28. The first-order chi connectivity index (χ1) is 16.4. The first-order valence-electron chi connectivity index (χ1n) is 10.8. The number of carbonyl (C=O) groups is 2. The van der Waals surface area contributed by atoms with Gasteiger partial charge in [-0.25, -0.2) is 4.79 Å². The molecule has 0 saturated heterocycles. The maximum Gasteiger partial charge on any atom is 0.319 e. The van der Waals surface area contributed by atoms with Gasteiger partial charge in [0.1, 0.15) is 0 Å². The standard InChI is InChI=1S/C26H30N4O4/c1-30(2)17-18-8-10-21(11-9-18)28-25(31)20-7-5-6-19(14-20)16-27-26(32)29-22-12-13-23(33-3)24(15-22)34-4/h5-15H,16-17H2,1-4H3,(H,28,31)(H2,27,29,32). The van der Waals surface area contributed by atoms with E-state index in [1.807, 2.05) is 44.4 Å². The third kappa shape index (κ3) is 6.98. The topological polar surface area (TPSA) is 91.9 Å². The van der Waals surface area contributed by atoms with Crippen molar-refractivity contribution < 1.29 is 19.1 Å². The molecular weight excluding hydrogens is 432 g/mol. The highest BCUT2D eigenvalue weighted by atomic mass is 16.5. The first kappa shape index (κ1) is 24.6. The number of anilines is 2. The van der Waals surface area contributed by atoms with Crippen molar-refractivity contribution in [1.29, 1.82) is 0 Å². The van der Waals surface area contributed by atoms with Crippen molar-refractivity contribution >= 4 is 23.3 Å². The molecule has 0 atom stereocenters. The fraction of sp³-hybridized carbons (Fsp3) is 0.231. The van der Waals surface area contributed by atoms with E-state index in [0.717, 1.165) is 17.8 Å². The summed E-state index contributed by atoms with van der Waals surface area (Å²) in [4.78, 5) is 27.1. The molecule has 8 heteroatoms. The van der Waals surface area contributed by atoms with Crippen molar-refractivity contribution in [3.63, 3.8) is 0 Å². The molecule has 0 radical (unpaired) electrons. The quantitative estimate of drug-likeness (QED) is 0.440. The highest BCUT2D eigenvalue weighted by Crippen LogP contribution is 2.29. The molecule has 0 heterocycles. The van der Waals surface area contributed by atoms with Crippen molar-refractivity contribution in [2.75, 3.05) is 38.9 Å². The molecule has 0 saturated carbocycles. The number of amides is 3. The molecule has 8 nitrogen and oxygen atoms in total. The lowest BCUT2D eigenvalue weighted by Gasteiger charge is -2.12. The smallest absolute Gasteiger partial charge is 0.319 e. The molecule has 3 amide bonds. The number of carbonyl (C=O) groups excluding carboxylic acids is 2. The predicted molar refractivity (Wildman–Crippen MR) is 134 cm³/mol. The Morgan fingerprint density at radius 3 is 2.18 bits per heavy atom. The second-order valence-electron chi connectivity index (χ2n) is 7.97. The van der Waals surface area contributed by atoms with Crippen LogP contribution in [0.5, 0.6) is 11.5 Å². The summed E-state index contributed by atoms with van der Waals surface area (Å²) in [6.45, 7) is 1.10. The van der Waals surface area contributed by atoms with E-state index < -0.39 is 0 Å². The molecule has 0 aliphatic carbocycles. The van der Waals surface area contributed by atoms with E-state index in [9.17, 15) is 9.59 Å². The molecule has 0 aliphatic heterocycles. The summed E-state index contributed by atoms with van der Waals surface area (Å²) in [5, 5.41) is 8.46. The minimum absolute atomic E-state index is 0.211. The highest BCUT2D eigenvalue weighted by molar-refractivity contribution is 6.04. The lowest BCUT2D eigenvalue weighted by molar-refractivity contribution is 0.102. The van der Waals surface area contributed by atoms with E-state index in [0.29, 0.717) is 22.7 Å². The molecule has 0 aliphatic rings. The van der Waals surface area contributed by atoms with E-state index >= 15 is 0 Å². The summed E-state index contributed by atoms with van der Waals surface area (Å²) in [6.07, 6.45) is 0. The largest absolute Gasteiger partial charge is 0.493 e. The number of hydrogen-bond acceptors (Lipinski definition) is 5. The average Bonchev–Trinajstić information content (AvgIpc) is 2.83. The van der Waals surface area contributed by atoms with Crippen LogP contribution in [0.4, 0.5) is 16.2 Å². The van der Waals surface area contributed by atoms with Gasteiger partial charge in [0.15, 0.2) is 11.5 Å². The molecule has 0 spiro atoms. The van der Waals surface area contributed by atoms with Crippen molar-refractivity contribution in [3.8, 4) is 11.5 Å². The van der Waals surface area contributed by atoms with Gasteiger partial charge in [0.05, 0.1) is 14.2 Å². The second-order valence-corrected chi connectivity index (χ2v) is 7.97. The fourth-order valence-electron chi connectivity index (χ4n) is 3.36. The Morgan fingerprint density at radius 1 is 0.794 bits per heavy atom. The molecule has 0 bridgehead atoms. The third-order valence-electron chi connectivity index (χ3n) is 4.99. The summed E-state index contributed by atoms with van der Waals surface area (Å²) < 4.78 is 10.5. The van der Waals surface area contributed by atoms with Gasteiger partial charge in [0, 0.05) is 36.1 Å². The normalized spacial score (nSPS) is 10.5. The number of ether oxygens (including phenoxy) is 2. The minimum atomic E-state index is -0.375. The van der Waals surface area contributed by atoms with Crippen molar-refractivity contribution in [2.45, 2.75) is 13.1 Å². The van der Waals surface area contributed by atoms with Crippen LogP contribution in [0, 0.1) is 0 Å². The van der Waals surface area contributed by atoms with E-state index in [1.54, 1.807) is 43.5 Å². The zero-order chi connectivity index (χ0) is 24.5. The maximum absolute atomic E-state index is 12.7. The number of nitrogens with zero attached hydrogens (tertiary/aromatic N) is 1. The molecule has 3 rings (SSSR count). The molecular formula is C26H30N4O4. The van der Waals surface area contributed by atoms with E-state index in [4.69, 9.17) is 9.47 Å². The Labute approximate surface area is 199 Å². The van der Waals surface area contributed by atoms with E-state index in [-0.39, 0.29) is 18.5 Å². The molecule has 34 heavy (non-hydrogen) atoms. The van der Waals surface area contributed by atoms with Crippen LogP contribution >= 0.6 is 0 Å². The molecule has 3 aromatic rings. The van der Waals surface area contributed by atoms with Gasteiger partial charge in [0.2, 0.25) is 0 Å². The van der Waals surface area contributed by atoms with Gasteiger partial charge < -0.3 is 30.3 Å². The lowest BCUT2D eigenvalue weighted by atomic mass is 10.1. The average molecular weight is 463 g/mol. The van der Waals surface area contributed by atoms with Crippen molar-refractivity contribution in [3.05, 3.63) is 83.4 Å². The van der Waals surface area contributed by atoms with Crippen LogP contribution < -0.4 is 25.4 Å². The molecule has 3 aromatic carbocycles. The van der Waals surface area contributed by atoms with Gasteiger partial charge >= 0.3 is 6.03 Å². The number of benzene rings is 3. The molecule has 0 aromatic heterocycles. The van der Waals surface area contributed by atoms with Crippen LogP contribution in [0.1, 0.15) is 21.5 Å². The summed E-state index contributed by atoms with van der Waals surface area (Å²) >= 11 is 0. The SMILES string of the molecule is COc1ccc(NC(=O)NCc2cccc(C(=O)Nc3ccc(CN(C)C)cc3)c2)cc1OC. The monoisotopic (exact) mass is 462 g/mol. The van der Waals surface area contributed by atoms with Gasteiger partial charge in [-0.2, -0.15) is 0 Å². The zero-order valence-corrected chi connectivity index (χ0v) is 19.8. The first-order valence-corrected chi connectivity index (χ1v) is 10.8. The molecule has 0 fully saturated rings. The van der Waals surface area contributed by atoms with Crippen molar-refractivity contribution in [2.24, 2.45) is 0 Å². The van der Waals surface area contributed by atoms with E-state index in [2.05, 4.69) is 20.9 Å². The summed E-state index contributed by atoms with van der Waals surface area (Å²) in [5.74, 6) is 0.886. The van der Waals surface area contributed by atoms with Crippen molar-refractivity contribution in [1.82, 2.24) is 10.2 Å². The third-order valence-corrected chi connectivity index (χ3v) is 4.99. The van der Waals surface area contributed by atoms with Gasteiger partial charge in [-0.05, 0) is 61.6 Å². The minimum Gasteiger partial charge on any atom is -0.493 e. The highest BCUT2D eigenvalue weighted by Gasteiger charge is 2.10. The van der Waals surface area contributed by atoms with Crippen LogP contribution in [0.25, 0.3) is 0 Å². The number of rotatable bonds is 9. The Morgan fingerprint density at radius 2 is 1.50 bits per heavy atom. The number of nitrogens with one attached hydrogen (secondary N) is 3. The Hall–Kier alpha value is -4.04.